The first-order valence-corrected chi connectivity index (χ1v) is 15.9. The molecule has 1 heterocycles. The molecule has 0 aliphatic carbocycles. The zero-order valence-corrected chi connectivity index (χ0v) is 26.5. The molecule has 0 saturated heterocycles. The van der Waals surface area contributed by atoms with E-state index >= 15 is 0 Å². The summed E-state index contributed by atoms with van der Waals surface area (Å²) < 4.78 is 56.0. The molecule has 0 spiro atoms. The largest absolute Gasteiger partial charge is 0.726 e. The minimum atomic E-state index is -4.48. The molecular formula is C32H46NO8S-. The highest BCUT2D eigenvalue weighted by Gasteiger charge is 2.12. The van der Waals surface area contributed by atoms with Crippen LogP contribution >= 0.6 is 0 Å². The Morgan fingerprint density at radius 3 is 1.81 bits per heavy atom. The Hall–Kier alpha value is -3.08. The minimum absolute atomic E-state index is 0.0301. The van der Waals surface area contributed by atoms with Crippen molar-refractivity contribution in [3.63, 3.8) is 0 Å². The predicted molar refractivity (Wildman–Crippen MR) is 165 cm³/mol. The van der Waals surface area contributed by atoms with E-state index in [0.717, 1.165) is 34.9 Å². The van der Waals surface area contributed by atoms with Gasteiger partial charge in [-0.2, -0.15) is 0 Å². The highest BCUT2D eigenvalue weighted by Crippen LogP contribution is 2.34. The summed E-state index contributed by atoms with van der Waals surface area (Å²) in [7, 11) is 2.05. The summed E-state index contributed by atoms with van der Waals surface area (Å²) in [5.41, 5.74) is 2.05. The first-order valence-electron chi connectivity index (χ1n) is 14.6. The van der Waals surface area contributed by atoms with Crippen LogP contribution in [0.5, 0.6) is 23.0 Å². The molecule has 3 rings (SSSR count). The second kappa shape index (κ2) is 19.2. The number of fused-ring (bicyclic) bond motifs is 1. The monoisotopic (exact) mass is 604 g/mol. The van der Waals surface area contributed by atoms with Gasteiger partial charge in [-0.1, -0.05) is 70.8 Å². The van der Waals surface area contributed by atoms with Crippen molar-refractivity contribution >= 4 is 21.2 Å². The van der Waals surface area contributed by atoms with Crippen LogP contribution in [0.1, 0.15) is 82.4 Å². The predicted octanol–water partition coefficient (Wildman–Crippen LogP) is 7.24. The van der Waals surface area contributed by atoms with Crippen molar-refractivity contribution < 1.29 is 36.1 Å². The molecule has 1 aromatic heterocycles. The SMILES string of the molecule is CCCCCCCCCCCCOS(=O)(=O)[O-].COc1ccc(Cc2nccc3cc(OC)c(OC)cc23)cc1OC. The van der Waals surface area contributed by atoms with Crippen molar-refractivity contribution in [3.8, 4) is 23.0 Å². The fraction of sp³-hybridized carbons (Fsp3) is 0.531. The molecule has 234 valence electrons. The van der Waals surface area contributed by atoms with Gasteiger partial charge in [0.15, 0.2) is 23.0 Å². The fourth-order valence-electron chi connectivity index (χ4n) is 4.63. The zero-order chi connectivity index (χ0) is 30.8. The van der Waals surface area contributed by atoms with E-state index in [-0.39, 0.29) is 6.61 Å². The van der Waals surface area contributed by atoms with Crippen molar-refractivity contribution in [2.45, 2.75) is 77.6 Å². The fourth-order valence-corrected chi connectivity index (χ4v) is 4.96. The van der Waals surface area contributed by atoms with Crippen molar-refractivity contribution in [1.29, 1.82) is 0 Å². The van der Waals surface area contributed by atoms with Crippen LogP contribution < -0.4 is 18.9 Å². The van der Waals surface area contributed by atoms with Crippen LogP contribution in [0.25, 0.3) is 10.8 Å². The molecule has 10 heteroatoms. The normalized spacial score (nSPS) is 11.1. The molecule has 42 heavy (non-hydrogen) atoms. The standard InChI is InChI=1S/C20H21NO4.C12H26O4S/c1-22-17-6-5-13(10-18(17)23-2)9-16-15-12-20(25-4)19(24-3)11-14(15)7-8-21-16;1-2-3-4-5-6-7-8-9-10-11-12-16-17(13,14)15/h5-8,10-12H,9H2,1-4H3;2-12H2,1H3,(H,13,14,15)/p-1. The Labute approximate surface area is 251 Å². The summed E-state index contributed by atoms with van der Waals surface area (Å²) in [6, 6.07) is 11.8. The lowest BCUT2D eigenvalue weighted by Gasteiger charge is -2.12. The van der Waals surface area contributed by atoms with E-state index in [1.165, 1.54) is 44.9 Å². The first-order chi connectivity index (χ1) is 20.3. The summed E-state index contributed by atoms with van der Waals surface area (Å²) >= 11 is 0. The van der Waals surface area contributed by atoms with Crippen LogP contribution in [-0.2, 0) is 21.0 Å². The van der Waals surface area contributed by atoms with Gasteiger partial charge in [-0.25, -0.2) is 8.42 Å². The van der Waals surface area contributed by atoms with Crippen LogP contribution in [0, 0.1) is 0 Å². The molecule has 2 aromatic carbocycles. The Morgan fingerprint density at radius 2 is 1.24 bits per heavy atom. The molecule has 0 fully saturated rings. The quantitative estimate of drug-likeness (QED) is 0.0841. The lowest BCUT2D eigenvalue weighted by Crippen LogP contribution is -2.05. The number of methoxy groups -OCH3 is 4. The van der Waals surface area contributed by atoms with E-state index in [1.54, 1.807) is 28.4 Å². The number of hydrogen-bond donors (Lipinski definition) is 0. The summed E-state index contributed by atoms with van der Waals surface area (Å²) in [5.74, 6) is 2.82. The summed E-state index contributed by atoms with van der Waals surface area (Å²) in [5, 5.41) is 2.10. The van der Waals surface area contributed by atoms with E-state index in [0.29, 0.717) is 35.8 Å². The number of ether oxygens (including phenoxy) is 4. The molecule has 9 nitrogen and oxygen atoms in total. The van der Waals surface area contributed by atoms with Gasteiger partial charge >= 0.3 is 0 Å². The third-order valence-electron chi connectivity index (χ3n) is 6.90. The molecule has 0 unspecified atom stereocenters. The van der Waals surface area contributed by atoms with Gasteiger partial charge in [0.25, 0.3) is 0 Å². The maximum absolute atomic E-state index is 10.1. The lowest BCUT2D eigenvalue weighted by molar-refractivity contribution is 0.255. The van der Waals surface area contributed by atoms with Gasteiger partial charge in [-0.3, -0.25) is 9.17 Å². The highest BCUT2D eigenvalue weighted by atomic mass is 32.3. The van der Waals surface area contributed by atoms with E-state index < -0.39 is 10.4 Å². The Balaban J connectivity index is 0.000000319. The van der Waals surface area contributed by atoms with E-state index in [9.17, 15) is 13.0 Å². The van der Waals surface area contributed by atoms with Crippen molar-refractivity contribution in [2.24, 2.45) is 0 Å². The number of rotatable bonds is 18. The number of nitrogens with zero attached hydrogens (tertiary/aromatic N) is 1. The number of benzene rings is 2. The Bertz CT molecular complexity index is 1310. The molecule has 0 radical (unpaired) electrons. The molecule has 3 aromatic rings. The Kier molecular flexibility index (Phi) is 16.0. The molecule has 0 aliphatic rings. The molecule has 0 bridgehead atoms. The van der Waals surface area contributed by atoms with E-state index in [1.807, 2.05) is 42.6 Å². The molecule has 0 atom stereocenters. The molecule has 0 N–H and O–H groups in total. The molecular weight excluding hydrogens is 558 g/mol. The molecule has 0 amide bonds. The van der Waals surface area contributed by atoms with Crippen LogP contribution in [0.4, 0.5) is 0 Å². The number of aromatic nitrogens is 1. The van der Waals surface area contributed by atoms with Crippen molar-refractivity contribution in [1.82, 2.24) is 4.98 Å². The second-order valence-corrected chi connectivity index (χ2v) is 11.0. The molecule has 0 aliphatic heterocycles. The van der Waals surface area contributed by atoms with Crippen molar-refractivity contribution in [2.75, 3.05) is 35.0 Å². The topological polar surface area (TPSA) is 116 Å². The van der Waals surface area contributed by atoms with E-state index in [2.05, 4.69) is 16.1 Å². The van der Waals surface area contributed by atoms with Crippen LogP contribution in [0.3, 0.4) is 0 Å². The zero-order valence-electron chi connectivity index (χ0n) is 25.6. The van der Waals surface area contributed by atoms with Gasteiger partial charge < -0.3 is 23.5 Å². The van der Waals surface area contributed by atoms with Gasteiger partial charge in [0.05, 0.1) is 40.7 Å². The van der Waals surface area contributed by atoms with Crippen LogP contribution in [0.15, 0.2) is 42.6 Å². The van der Waals surface area contributed by atoms with Crippen molar-refractivity contribution in [3.05, 3.63) is 53.9 Å². The third kappa shape index (κ3) is 12.4. The van der Waals surface area contributed by atoms with Crippen LogP contribution in [0.2, 0.25) is 0 Å². The summed E-state index contributed by atoms with van der Waals surface area (Å²) in [4.78, 5) is 4.56. The summed E-state index contributed by atoms with van der Waals surface area (Å²) in [6.45, 7) is 2.24. The van der Waals surface area contributed by atoms with Gasteiger partial charge in [0, 0.05) is 18.0 Å². The number of unbranched alkanes of at least 4 members (excludes halogenated alkanes) is 9. The third-order valence-corrected chi connectivity index (χ3v) is 7.35. The maximum atomic E-state index is 10.1. The lowest BCUT2D eigenvalue weighted by atomic mass is 10.0. The average molecular weight is 605 g/mol. The van der Waals surface area contributed by atoms with E-state index in [4.69, 9.17) is 18.9 Å². The first kappa shape index (κ1) is 35.1. The smallest absolute Gasteiger partial charge is 0.217 e. The second-order valence-electron chi connectivity index (χ2n) is 9.96. The average Bonchev–Trinajstić information content (AvgIpc) is 2.99. The summed E-state index contributed by atoms with van der Waals surface area (Å²) in [6.07, 6.45) is 14.2. The van der Waals surface area contributed by atoms with Gasteiger partial charge in [-0.05, 0) is 47.7 Å². The minimum Gasteiger partial charge on any atom is -0.726 e. The number of hydrogen-bond acceptors (Lipinski definition) is 9. The number of pyridine rings is 1. The van der Waals surface area contributed by atoms with Crippen LogP contribution in [-0.4, -0.2) is 53.0 Å². The highest BCUT2D eigenvalue weighted by molar-refractivity contribution is 7.80. The Morgan fingerprint density at radius 1 is 0.690 bits per heavy atom. The van der Waals surface area contributed by atoms with Gasteiger partial charge in [-0.15, -0.1) is 0 Å². The maximum Gasteiger partial charge on any atom is 0.217 e. The van der Waals surface area contributed by atoms with Gasteiger partial charge in [0.2, 0.25) is 10.4 Å². The molecule has 0 saturated carbocycles. The van der Waals surface area contributed by atoms with Gasteiger partial charge in [0.1, 0.15) is 0 Å².